The van der Waals surface area contributed by atoms with Gasteiger partial charge < -0.3 is 0 Å². The van der Waals surface area contributed by atoms with Gasteiger partial charge in [0.25, 0.3) is 0 Å². The van der Waals surface area contributed by atoms with Gasteiger partial charge in [-0.05, 0) is 23.6 Å². The van der Waals surface area contributed by atoms with E-state index in [4.69, 9.17) is 12.2 Å². The quantitative estimate of drug-likeness (QED) is 0.792. The van der Waals surface area contributed by atoms with Crippen molar-refractivity contribution in [2.45, 2.75) is 19.8 Å². The maximum atomic E-state index is 4.96. The van der Waals surface area contributed by atoms with Gasteiger partial charge in [0.1, 0.15) is 4.64 Å². The third kappa shape index (κ3) is 2.36. The molecule has 0 unspecified atom stereocenters. The normalized spacial score (nSPS) is 10.7. The van der Waals surface area contributed by atoms with Crippen LogP contribution in [0.15, 0.2) is 36.4 Å². The summed E-state index contributed by atoms with van der Waals surface area (Å²) in [5, 5.41) is 6.99. The molecule has 0 spiro atoms. The molecule has 1 aromatic heterocycles. The molecule has 2 rings (SSSR count). The summed E-state index contributed by atoms with van der Waals surface area (Å²) in [4.78, 5) is 0. The molecular weight excluding hydrogens is 216 g/mol. The fourth-order valence-corrected chi connectivity index (χ4v) is 1.66. The van der Waals surface area contributed by atoms with E-state index in [2.05, 4.69) is 48.3 Å². The number of H-pyrrole nitrogens is 1. The largest absolute Gasteiger partial charge is 0.267 e. The average Bonchev–Trinajstić information content (AvgIpc) is 2.30. The molecule has 1 heterocycles. The van der Waals surface area contributed by atoms with E-state index in [0.717, 1.165) is 11.3 Å². The first-order valence-corrected chi connectivity index (χ1v) is 5.74. The Labute approximate surface area is 100 Å². The fourth-order valence-electron chi connectivity index (χ4n) is 1.54. The maximum absolute atomic E-state index is 4.96. The molecule has 2 nitrogen and oxygen atoms in total. The van der Waals surface area contributed by atoms with Crippen molar-refractivity contribution in [2.24, 2.45) is 0 Å². The lowest BCUT2D eigenvalue weighted by atomic mass is 10.0. The van der Waals surface area contributed by atoms with Crippen molar-refractivity contribution in [1.29, 1.82) is 0 Å². The van der Waals surface area contributed by atoms with Gasteiger partial charge in [0, 0.05) is 5.56 Å². The summed E-state index contributed by atoms with van der Waals surface area (Å²) in [6.45, 7) is 4.38. The SMILES string of the molecule is CC(C)c1ccc(-c2ccc(=S)[nH]n2)cc1. The topological polar surface area (TPSA) is 28.7 Å². The molecule has 16 heavy (non-hydrogen) atoms. The number of nitrogens with zero attached hydrogens (tertiary/aromatic N) is 1. The van der Waals surface area contributed by atoms with E-state index < -0.39 is 0 Å². The highest BCUT2D eigenvalue weighted by molar-refractivity contribution is 7.71. The molecule has 0 bridgehead atoms. The second kappa shape index (κ2) is 4.58. The van der Waals surface area contributed by atoms with Gasteiger partial charge in [-0.15, -0.1) is 0 Å². The van der Waals surface area contributed by atoms with Crippen LogP contribution >= 0.6 is 12.2 Å². The predicted octanol–water partition coefficient (Wildman–Crippen LogP) is 3.93. The standard InChI is InChI=1S/C13H14N2S/c1-9(2)10-3-5-11(6-4-10)12-7-8-13(16)15-14-12/h3-9H,1-2H3,(H,15,16). The van der Waals surface area contributed by atoms with Crippen LogP contribution in [0.4, 0.5) is 0 Å². The second-order valence-corrected chi connectivity index (χ2v) is 4.52. The maximum Gasteiger partial charge on any atom is 0.119 e. The van der Waals surface area contributed by atoms with E-state index in [1.807, 2.05) is 12.1 Å². The Bertz CT molecular complexity index is 506. The Morgan fingerprint density at radius 1 is 1.06 bits per heavy atom. The molecule has 0 fully saturated rings. The van der Waals surface area contributed by atoms with Crippen molar-refractivity contribution in [3.05, 3.63) is 46.6 Å². The van der Waals surface area contributed by atoms with E-state index in [9.17, 15) is 0 Å². The van der Waals surface area contributed by atoms with Crippen LogP contribution in [0.1, 0.15) is 25.3 Å². The molecule has 1 N–H and O–H groups in total. The van der Waals surface area contributed by atoms with Crippen LogP contribution < -0.4 is 0 Å². The molecule has 0 aliphatic heterocycles. The zero-order valence-corrected chi connectivity index (χ0v) is 10.2. The number of aromatic nitrogens is 2. The monoisotopic (exact) mass is 230 g/mol. The van der Waals surface area contributed by atoms with Gasteiger partial charge in [0.15, 0.2) is 0 Å². The second-order valence-electron chi connectivity index (χ2n) is 4.08. The number of hydrogen-bond donors (Lipinski definition) is 1. The van der Waals surface area contributed by atoms with Crippen molar-refractivity contribution in [3.63, 3.8) is 0 Å². The van der Waals surface area contributed by atoms with Gasteiger partial charge >= 0.3 is 0 Å². The van der Waals surface area contributed by atoms with E-state index >= 15 is 0 Å². The lowest BCUT2D eigenvalue weighted by molar-refractivity contribution is 0.867. The Kier molecular flexibility index (Phi) is 3.15. The van der Waals surface area contributed by atoms with Crippen LogP contribution in [-0.2, 0) is 0 Å². The van der Waals surface area contributed by atoms with Gasteiger partial charge in [-0.25, -0.2) is 0 Å². The van der Waals surface area contributed by atoms with Crippen LogP contribution in [-0.4, -0.2) is 10.2 Å². The van der Waals surface area contributed by atoms with Gasteiger partial charge in [0.2, 0.25) is 0 Å². The third-order valence-corrected chi connectivity index (χ3v) is 2.78. The highest BCUT2D eigenvalue weighted by Crippen LogP contribution is 2.20. The first-order valence-electron chi connectivity index (χ1n) is 5.33. The summed E-state index contributed by atoms with van der Waals surface area (Å²) in [5.41, 5.74) is 3.37. The van der Waals surface area contributed by atoms with Crippen molar-refractivity contribution < 1.29 is 0 Å². The van der Waals surface area contributed by atoms with E-state index in [1.54, 1.807) is 0 Å². The summed E-state index contributed by atoms with van der Waals surface area (Å²) >= 11 is 4.96. The molecule has 0 atom stereocenters. The van der Waals surface area contributed by atoms with Crippen LogP contribution in [0.25, 0.3) is 11.3 Å². The summed E-state index contributed by atoms with van der Waals surface area (Å²) in [5.74, 6) is 0.559. The van der Waals surface area contributed by atoms with Gasteiger partial charge in [-0.1, -0.05) is 50.3 Å². The molecule has 0 radical (unpaired) electrons. The molecule has 0 amide bonds. The summed E-state index contributed by atoms with van der Waals surface area (Å²) < 4.78 is 0.655. The van der Waals surface area contributed by atoms with E-state index in [-0.39, 0.29) is 0 Å². The summed E-state index contributed by atoms with van der Waals surface area (Å²) in [6.07, 6.45) is 0. The lowest BCUT2D eigenvalue weighted by Gasteiger charge is -2.06. The molecule has 0 aliphatic rings. The van der Waals surface area contributed by atoms with Crippen LogP contribution in [0.5, 0.6) is 0 Å². The average molecular weight is 230 g/mol. The van der Waals surface area contributed by atoms with Gasteiger partial charge in [-0.3, -0.25) is 5.10 Å². The molecule has 3 heteroatoms. The van der Waals surface area contributed by atoms with Crippen molar-refractivity contribution in [3.8, 4) is 11.3 Å². The van der Waals surface area contributed by atoms with E-state index in [0.29, 0.717) is 10.6 Å². The lowest BCUT2D eigenvalue weighted by Crippen LogP contribution is -1.89. The molecule has 0 aliphatic carbocycles. The smallest absolute Gasteiger partial charge is 0.119 e. The minimum Gasteiger partial charge on any atom is -0.267 e. The van der Waals surface area contributed by atoms with Crippen molar-refractivity contribution in [2.75, 3.05) is 0 Å². The Morgan fingerprint density at radius 2 is 1.75 bits per heavy atom. The molecule has 2 aromatic rings. The molecule has 82 valence electrons. The van der Waals surface area contributed by atoms with Crippen LogP contribution in [0.3, 0.4) is 0 Å². The van der Waals surface area contributed by atoms with E-state index in [1.165, 1.54) is 5.56 Å². The highest BCUT2D eigenvalue weighted by atomic mass is 32.1. The first-order chi connectivity index (χ1) is 7.66. The zero-order chi connectivity index (χ0) is 11.5. The minimum absolute atomic E-state index is 0.559. The molecule has 1 aromatic carbocycles. The Balaban J connectivity index is 2.34. The summed E-state index contributed by atoms with van der Waals surface area (Å²) in [6, 6.07) is 12.3. The number of nitrogens with one attached hydrogen (secondary N) is 1. The van der Waals surface area contributed by atoms with Gasteiger partial charge in [0.05, 0.1) is 5.69 Å². The van der Waals surface area contributed by atoms with Gasteiger partial charge in [-0.2, -0.15) is 5.10 Å². The number of hydrogen-bond acceptors (Lipinski definition) is 2. The fraction of sp³-hybridized carbons (Fsp3) is 0.231. The molecule has 0 saturated heterocycles. The van der Waals surface area contributed by atoms with Crippen molar-refractivity contribution in [1.82, 2.24) is 10.2 Å². The Morgan fingerprint density at radius 3 is 2.25 bits per heavy atom. The third-order valence-electron chi connectivity index (χ3n) is 2.55. The van der Waals surface area contributed by atoms with Crippen LogP contribution in [0.2, 0.25) is 0 Å². The number of aromatic amines is 1. The van der Waals surface area contributed by atoms with Crippen LogP contribution in [0, 0.1) is 4.64 Å². The zero-order valence-electron chi connectivity index (χ0n) is 9.40. The first kappa shape index (κ1) is 11.0. The molecular formula is C13H14N2S. The molecule has 0 saturated carbocycles. The van der Waals surface area contributed by atoms with Crippen molar-refractivity contribution >= 4 is 12.2 Å². The number of benzene rings is 1. The highest BCUT2D eigenvalue weighted by Gasteiger charge is 2.01. The minimum atomic E-state index is 0.559. The Hall–Kier alpha value is -1.48. The summed E-state index contributed by atoms with van der Waals surface area (Å²) in [7, 11) is 0. The predicted molar refractivity (Wildman–Crippen MR) is 68.9 cm³/mol. The number of rotatable bonds is 2.